The summed E-state index contributed by atoms with van der Waals surface area (Å²) in [5, 5.41) is 3.32. The Morgan fingerprint density at radius 1 is 1.67 bits per heavy atom. The van der Waals surface area contributed by atoms with Crippen LogP contribution in [-0.4, -0.2) is 46.4 Å². The lowest BCUT2D eigenvalue weighted by molar-refractivity contribution is 0.0758. The Balaban J connectivity index is 0.00000162. The zero-order valence-electron chi connectivity index (χ0n) is 10.3. The van der Waals surface area contributed by atoms with Crippen molar-refractivity contribution in [3.8, 4) is 0 Å². The number of carbonyl (C=O) groups excluding carboxylic acids is 1. The van der Waals surface area contributed by atoms with E-state index in [1.54, 1.807) is 0 Å². The third-order valence-electron chi connectivity index (χ3n) is 2.66. The van der Waals surface area contributed by atoms with Crippen molar-refractivity contribution in [2.45, 2.75) is 18.6 Å². The van der Waals surface area contributed by atoms with Crippen molar-refractivity contribution in [1.82, 2.24) is 9.88 Å². The van der Waals surface area contributed by atoms with Crippen LogP contribution in [0.25, 0.3) is 0 Å². The van der Waals surface area contributed by atoms with Gasteiger partial charge in [-0.2, -0.15) is 11.8 Å². The quantitative estimate of drug-likeness (QED) is 0.922. The molecule has 1 saturated heterocycles. The summed E-state index contributed by atoms with van der Waals surface area (Å²) in [7, 11) is 0. The number of aromatic nitrogens is 1. The van der Waals surface area contributed by atoms with Crippen LogP contribution >= 0.6 is 35.5 Å². The van der Waals surface area contributed by atoms with E-state index in [9.17, 15) is 4.79 Å². The first kappa shape index (κ1) is 15.8. The number of thioether (sulfide) groups is 1. The van der Waals surface area contributed by atoms with Crippen LogP contribution < -0.4 is 5.73 Å². The first-order chi connectivity index (χ1) is 8.20. The summed E-state index contributed by atoms with van der Waals surface area (Å²) in [4.78, 5) is 18.4. The molecule has 0 spiro atoms. The van der Waals surface area contributed by atoms with Gasteiger partial charge in [0, 0.05) is 35.9 Å². The first-order valence-corrected chi connectivity index (χ1v) is 7.69. The molecule has 1 atom stereocenters. The van der Waals surface area contributed by atoms with Gasteiger partial charge >= 0.3 is 0 Å². The van der Waals surface area contributed by atoms with Crippen molar-refractivity contribution in [2.75, 3.05) is 25.4 Å². The Morgan fingerprint density at radius 2 is 2.44 bits per heavy atom. The minimum Gasteiger partial charge on any atom is -0.335 e. The molecule has 0 aromatic carbocycles. The first-order valence-electron chi connectivity index (χ1n) is 5.76. The Kier molecular flexibility index (Phi) is 6.42. The van der Waals surface area contributed by atoms with Crippen LogP contribution in [0.4, 0.5) is 0 Å². The normalized spacial score (nSPS) is 19.4. The highest BCUT2D eigenvalue weighted by molar-refractivity contribution is 7.99. The standard InChI is InChI=1S/C11H17N3OS2.ClH/c1-8-6-14(4-5-16-8)11(15)9-7-17-10(13-9)2-3-12;/h7-8H,2-6,12H2,1H3;1H. The van der Waals surface area contributed by atoms with E-state index in [1.165, 1.54) is 11.3 Å². The van der Waals surface area contributed by atoms with E-state index >= 15 is 0 Å². The summed E-state index contributed by atoms with van der Waals surface area (Å²) in [6.45, 7) is 4.40. The van der Waals surface area contributed by atoms with Crippen LogP contribution in [-0.2, 0) is 6.42 Å². The Morgan fingerprint density at radius 3 is 3.11 bits per heavy atom. The topological polar surface area (TPSA) is 59.2 Å². The maximum absolute atomic E-state index is 12.2. The van der Waals surface area contributed by atoms with Crippen LogP contribution in [0.1, 0.15) is 22.4 Å². The number of amides is 1. The SMILES string of the molecule is CC1CN(C(=O)c2csc(CCN)n2)CCS1.Cl. The minimum absolute atomic E-state index is 0. The fourth-order valence-electron chi connectivity index (χ4n) is 1.81. The molecule has 1 aliphatic heterocycles. The van der Waals surface area contributed by atoms with E-state index in [0.717, 1.165) is 30.3 Å². The van der Waals surface area contributed by atoms with Crippen LogP contribution in [0.5, 0.6) is 0 Å². The predicted molar refractivity (Wildman–Crippen MR) is 79.9 cm³/mol. The number of halogens is 1. The zero-order chi connectivity index (χ0) is 12.3. The molecule has 1 unspecified atom stereocenters. The summed E-state index contributed by atoms with van der Waals surface area (Å²) in [5.74, 6) is 1.09. The molecular weight excluding hydrogens is 290 g/mol. The number of nitrogens with two attached hydrogens (primary N) is 1. The number of thiazole rings is 1. The average molecular weight is 308 g/mol. The molecule has 7 heteroatoms. The van der Waals surface area contributed by atoms with Gasteiger partial charge in [0.05, 0.1) is 5.01 Å². The van der Waals surface area contributed by atoms with Crippen molar-refractivity contribution < 1.29 is 4.79 Å². The highest BCUT2D eigenvalue weighted by atomic mass is 35.5. The lowest BCUT2D eigenvalue weighted by Gasteiger charge is -2.29. The van der Waals surface area contributed by atoms with Crippen LogP contribution in [0.3, 0.4) is 0 Å². The smallest absolute Gasteiger partial charge is 0.273 e. The third kappa shape index (κ3) is 3.85. The van der Waals surface area contributed by atoms with E-state index < -0.39 is 0 Å². The van der Waals surface area contributed by atoms with E-state index in [0.29, 0.717) is 17.5 Å². The lowest BCUT2D eigenvalue weighted by Crippen LogP contribution is -2.41. The molecule has 1 aliphatic rings. The number of hydrogen-bond acceptors (Lipinski definition) is 5. The maximum atomic E-state index is 12.2. The highest BCUT2D eigenvalue weighted by Crippen LogP contribution is 2.20. The summed E-state index contributed by atoms with van der Waals surface area (Å²) >= 11 is 3.44. The van der Waals surface area contributed by atoms with Gasteiger partial charge in [0.2, 0.25) is 0 Å². The van der Waals surface area contributed by atoms with E-state index in [-0.39, 0.29) is 18.3 Å². The van der Waals surface area contributed by atoms with Gasteiger partial charge in [0.1, 0.15) is 5.69 Å². The minimum atomic E-state index is 0. The second-order valence-electron chi connectivity index (χ2n) is 4.10. The van der Waals surface area contributed by atoms with Gasteiger partial charge in [0.15, 0.2) is 0 Å². The van der Waals surface area contributed by atoms with Gasteiger partial charge in [-0.25, -0.2) is 4.98 Å². The Labute approximate surface area is 122 Å². The zero-order valence-corrected chi connectivity index (χ0v) is 12.7. The molecule has 4 nitrogen and oxygen atoms in total. The molecule has 2 rings (SSSR count). The molecule has 0 bridgehead atoms. The highest BCUT2D eigenvalue weighted by Gasteiger charge is 2.23. The molecule has 1 amide bonds. The fraction of sp³-hybridized carbons (Fsp3) is 0.636. The molecule has 2 N–H and O–H groups in total. The van der Waals surface area contributed by atoms with Crippen molar-refractivity contribution in [1.29, 1.82) is 0 Å². The third-order valence-corrected chi connectivity index (χ3v) is 4.70. The molecule has 0 radical (unpaired) electrons. The van der Waals surface area contributed by atoms with Crippen LogP contribution in [0.15, 0.2) is 5.38 Å². The molecule has 102 valence electrons. The Hall–Kier alpha value is -0.300. The van der Waals surface area contributed by atoms with Gasteiger partial charge in [-0.1, -0.05) is 6.92 Å². The van der Waals surface area contributed by atoms with Crippen molar-refractivity contribution in [3.63, 3.8) is 0 Å². The number of nitrogens with zero attached hydrogens (tertiary/aromatic N) is 2. The van der Waals surface area contributed by atoms with Crippen LogP contribution in [0.2, 0.25) is 0 Å². The lowest BCUT2D eigenvalue weighted by atomic mass is 10.3. The maximum Gasteiger partial charge on any atom is 0.273 e. The number of carbonyl (C=O) groups is 1. The molecule has 1 aromatic rings. The van der Waals surface area contributed by atoms with Crippen LogP contribution in [0, 0.1) is 0 Å². The molecule has 2 heterocycles. The summed E-state index contributed by atoms with van der Waals surface area (Å²) < 4.78 is 0. The van der Waals surface area contributed by atoms with Crippen molar-refractivity contribution >= 4 is 41.4 Å². The summed E-state index contributed by atoms with van der Waals surface area (Å²) in [5.41, 5.74) is 6.06. The average Bonchev–Trinajstić information content (AvgIpc) is 2.77. The second-order valence-corrected chi connectivity index (χ2v) is 6.59. The van der Waals surface area contributed by atoms with E-state index in [4.69, 9.17) is 5.73 Å². The molecule has 1 aromatic heterocycles. The molecule has 0 saturated carbocycles. The predicted octanol–water partition coefficient (Wildman–Crippen LogP) is 1.64. The molecule has 18 heavy (non-hydrogen) atoms. The second kappa shape index (κ2) is 7.33. The largest absolute Gasteiger partial charge is 0.335 e. The molecule has 0 aliphatic carbocycles. The molecule has 1 fully saturated rings. The monoisotopic (exact) mass is 307 g/mol. The summed E-state index contributed by atoms with van der Waals surface area (Å²) in [6, 6.07) is 0. The fourth-order valence-corrected chi connectivity index (χ4v) is 3.61. The number of hydrogen-bond donors (Lipinski definition) is 1. The van der Waals surface area contributed by atoms with Crippen molar-refractivity contribution in [2.24, 2.45) is 5.73 Å². The molecular formula is C11H18ClN3OS2. The Bertz CT molecular complexity index is 399. The van der Waals surface area contributed by atoms with Gasteiger partial charge in [-0.3, -0.25) is 4.79 Å². The van der Waals surface area contributed by atoms with Gasteiger partial charge in [-0.15, -0.1) is 23.7 Å². The van der Waals surface area contributed by atoms with Crippen molar-refractivity contribution in [3.05, 3.63) is 16.1 Å². The van der Waals surface area contributed by atoms with E-state index in [1.807, 2.05) is 22.0 Å². The van der Waals surface area contributed by atoms with Gasteiger partial charge < -0.3 is 10.6 Å². The van der Waals surface area contributed by atoms with Gasteiger partial charge in [0.25, 0.3) is 5.91 Å². The number of rotatable bonds is 3. The van der Waals surface area contributed by atoms with E-state index in [2.05, 4.69) is 11.9 Å². The van der Waals surface area contributed by atoms with Gasteiger partial charge in [-0.05, 0) is 6.54 Å². The summed E-state index contributed by atoms with van der Waals surface area (Å²) in [6.07, 6.45) is 0.754.